The van der Waals surface area contributed by atoms with Crippen molar-refractivity contribution in [1.29, 1.82) is 4.78 Å². The van der Waals surface area contributed by atoms with E-state index in [0.717, 1.165) is 10.9 Å². The molecular weight excluding hydrogens is 528 g/mol. The van der Waals surface area contributed by atoms with Gasteiger partial charge in [-0.2, -0.15) is 0 Å². The van der Waals surface area contributed by atoms with Crippen LogP contribution in [0.25, 0.3) is 10.8 Å². The van der Waals surface area contributed by atoms with Crippen molar-refractivity contribution < 1.29 is 18.5 Å². The minimum atomic E-state index is -2.69. The molecule has 1 aliphatic rings. The van der Waals surface area contributed by atoms with Gasteiger partial charge in [-0.1, -0.05) is 20.8 Å². The number of cyclic esters (lactones) is 1. The highest BCUT2D eigenvalue weighted by molar-refractivity contribution is 7.92. The van der Waals surface area contributed by atoms with Crippen molar-refractivity contribution in [2.45, 2.75) is 89.7 Å². The number of fused-ring (bicyclic) bond motifs is 2. The first-order valence-corrected chi connectivity index (χ1v) is 15.5. The summed E-state index contributed by atoms with van der Waals surface area (Å²) in [6.45, 7) is 13.5. The molecule has 0 bridgehead atoms. The van der Waals surface area contributed by atoms with Gasteiger partial charge < -0.3 is 20.5 Å². The Morgan fingerprint density at radius 2 is 1.93 bits per heavy atom. The summed E-state index contributed by atoms with van der Waals surface area (Å²) < 4.78 is 31.7. The first-order valence-electron chi connectivity index (χ1n) is 13.5. The van der Waals surface area contributed by atoms with E-state index < -0.39 is 20.7 Å². The standard InChI is InChI=1S/C29H40N6O4S/c1-9-29(7,30)22-15-33-26(38-16(2)12-17(3)40(8,31)37)21-14-32-24(13-20(21)22)34-23-11-10-19-25(35-23)28(5,6)18(4)39-27(19)36/h10-11,13-18,31H,9,12,30H2,1-8H3,(H,32,34,35)/t16-,17-,18+,29?,40?/m1/s1. The molecule has 40 heavy (non-hydrogen) atoms. The Balaban J connectivity index is 1.72. The maximum Gasteiger partial charge on any atom is 0.340 e. The lowest BCUT2D eigenvalue weighted by Gasteiger charge is -2.36. The molecule has 4 rings (SSSR count). The molecule has 0 radical (unpaired) electrons. The number of rotatable bonds is 9. The van der Waals surface area contributed by atoms with Crippen molar-refractivity contribution in [2.75, 3.05) is 11.6 Å². The predicted octanol–water partition coefficient (Wildman–Crippen LogP) is 5.41. The zero-order valence-electron chi connectivity index (χ0n) is 24.5. The summed E-state index contributed by atoms with van der Waals surface area (Å²) in [5.41, 5.74) is 7.56. The van der Waals surface area contributed by atoms with Crippen LogP contribution in [0.3, 0.4) is 0 Å². The van der Waals surface area contributed by atoms with Gasteiger partial charge >= 0.3 is 5.97 Å². The van der Waals surface area contributed by atoms with Gasteiger partial charge in [-0.05, 0) is 69.7 Å². The van der Waals surface area contributed by atoms with Crippen LogP contribution >= 0.6 is 0 Å². The van der Waals surface area contributed by atoms with Crippen LogP contribution in [0.2, 0.25) is 0 Å². The van der Waals surface area contributed by atoms with Gasteiger partial charge in [-0.3, -0.25) is 4.78 Å². The first kappa shape index (κ1) is 29.7. The van der Waals surface area contributed by atoms with E-state index in [-0.39, 0.29) is 23.4 Å². The van der Waals surface area contributed by atoms with Gasteiger partial charge in [-0.25, -0.2) is 24.0 Å². The second-order valence-corrected chi connectivity index (χ2v) is 14.3. The average Bonchev–Trinajstić information content (AvgIpc) is 2.87. The van der Waals surface area contributed by atoms with Gasteiger partial charge in [0.15, 0.2) is 0 Å². The minimum absolute atomic E-state index is 0.311. The molecule has 4 N–H and O–H groups in total. The Morgan fingerprint density at radius 3 is 2.58 bits per heavy atom. The Hall–Kier alpha value is -3.31. The van der Waals surface area contributed by atoms with E-state index in [1.54, 1.807) is 31.5 Å². The number of pyridine rings is 3. The van der Waals surface area contributed by atoms with Crippen LogP contribution < -0.4 is 15.8 Å². The van der Waals surface area contributed by atoms with Crippen LogP contribution in [0.5, 0.6) is 5.88 Å². The molecule has 0 fully saturated rings. The highest BCUT2D eigenvalue weighted by atomic mass is 32.2. The fraction of sp³-hybridized carbons (Fsp3) is 0.517. The Bertz CT molecular complexity index is 1550. The van der Waals surface area contributed by atoms with Crippen molar-refractivity contribution >= 4 is 38.1 Å². The molecule has 5 atom stereocenters. The maximum atomic E-state index is 12.4. The van der Waals surface area contributed by atoms with Crippen LogP contribution in [0, 0.1) is 4.78 Å². The zero-order valence-corrected chi connectivity index (χ0v) is 25.3. The second kappa shape index (κ2) is 10.6. The molecule has 216 valence electrons. The first-order chi connectivity index (χ1) is 18.5. The molecule has 3 aromatic heterocycles. The van der Waals surface area contributed by atoms with E-state index in [2.05, 4.69) is 15.3 Å². The molecule has 0 saturated heterocycles. The number of aromatic nitrogens is 3. The van der Waals surface area contributed by atoms with Crippen LogP contribution in [0.15, 0.2) is 30.6 Å². The van der Waals surface area contributed by atoms with Crippen molar-refractivity contribution in [2.24, 2.45) is 5.73 Å². The highest BCUT2D eigenvalue weighted by Crippen LogP contribution is 2.37. The lowest BCUT2D eigenvalue weighted by Crippen LogP contribution is -2.42. The third-order valence-corrected chi connectivity index (χ3v) is 9.84. The number of carbonyl (C=O) groups excluding carboxylic acids is 1. The summed E-state index contributed by atoms with van der Waals surface area (Å²) in [6.07, 6.45) is 5.40. The molecule has 1 aliphatic heterocycles. The fourth-order valence-electron chi connectivity index (χ4n) is 4.69. The number of hydrogen-bond donors (Lipinski definition) is 3. The summed E-state index contributed by atoms with van der Waals surface area (Å²) in [5.74, 6) is 1.14. The van der Waals surface area contributed by atoms with Crippen LogP contribution in [0.4, 0.5) is 11.6 Å². The molecule has 11 heteroatoms. The molecule has 0 amide bonds. The summed E-state index contributed by atoms with van der Waals surface area (Å²) in [4.78, 5) is 26.4. The van der Waals surface area contributed by atoms with E-state index in [9.17, 15) is 9.00 Å². The lowest BCUT2D eigenvalue weighted by atomic mass is 9.79. The topological polar surface area (TPSA) is 153 Å². The van der Waals surface area contributed by atoms with Crippen LogP contribution in [-0.4, -0.2) is 48.8 Å². The van der Waals surface area contributed by atoms with Gasteiger partial charge in [0.1, 0.15) is 17.7 Å². The number of nitrogens with zero attached hydrogens (tertiary/aromatic N) is 3. The van der Waals surface area contributed by atoms with Crippen molar-refractivity contribution in [3.8, 4) is 5.88 Å². The fourth-order valence-corrected chi connectivity index (χ4v) is 5.33. The van der Waals surface area contributed by atoms with Crippen LogP contribution in [-0.2, 0) is 25.4 Å². The van der Waals surface area contributed by atoms with Gasteiger partial charge in [-0.15, -0.1) is 0 Å². The number of nitrogens with one attached hydrogen (secondary N) is 2. The number of hydrogen-bond acceptors (Lipinski definition) is 10. The Kier molecular flexibility index (Phi) is 7.85. The van der Waals surface area contributed by atoms with Crippen molar-refractivity contribution in [1.82, 2.24) is 15.0 Å². The van der Waals surface area contributed by atoms with E-state index in [1.807, 2.05) is 47.6 Å². The van der Waals surface area contributed by atoms with Crippen LogP contribution in [0.1, 0.15) is 82.9 Å². The van der Waals surface area contributed by atoms with E-state index in [1.165, 1.54) is 6.26 Å². The number of ether oxygens (including phenoxy) is 2. The van der Waals surface area contributed by atoms with Crippen molar-refractivity contribution in [3.63, 3.8) is 0 Å². The summed E-state index contributed by atoms with van der Waals surface area (Å²) in [5, 5.41) is 4.50. The predicted molar refractivity (Wildman–Crippen MR) is 158 cm³/mol. The smallest absolute Gasteiger partial charge is 0.340 e. The molecule has 3 aromatic rings. The summed E-state index contributed by atoms with van der Waals surface area (Å²) >= 11 is 0. The molecule has 0 saturated carbocycles. The van der Waals surface area contributed by atoms with Gasteiger partial charge in [0.2, 0.25) is 5.88 Å². The van der Waals surface area contributed by atoms with E-state index in [4.69, 9.17) is 25.0 Å². The maximum absolute atomic E-state index is 12.4. The van der Waals surface area contributed by atoms with Gasteiger partial charge in [0.05, 0.1) is 22.7 Å². The summed E-state index contributed by atoms with van der Waals surface area (Å²) in [7, 11) is -2.69. The molecule has 2 unspecified atom stereocenters. The normalized spacial score (nSPS) is 20.9. The molecule has 0 aromatic carbocycles. The number of nitrogens with two attached hydrogens (primary N) is 1. The molecule has 10 nitrogen and oxygen atoms in total. The third-order valence-electron chi connectivity index (χ3n) is 8.11. The second-order valence-electron chi connectivity index (χ2n) is 11.7. The Labute approximate surface area is 236 Å². The zero-order chi connectivity index (χ0) is 29.6. The minimum Gasteiger partial charge on any atom is -0.474 e. The average molecular weight is 569 g/mol. The number of esters is 1. The van der Waals surface area contributed by atoms with Gasteiger partial charge in [0, 0.05) is 44.6 Å². The molecule has 0 aliphatic carbocycles. The van der Waals surface area contributed by atoms with Gasteiger partial charge in [0.25, 0.3) is 0 Å². The quantitative estimate of drug-likeness (QED) is 0.287. The largest absolute Gasteiger partial charge is 0.474 e. The molecule has 0 spiro atoms. The summed E-state index contributed by atoms with van der Waals surface area (Å²) in [6, 6.07) is 5.37. The lowest BCUT2D eigenvalue weighted by molar-refractivity contribution is 0.00864. The molecule has 4 heterocycles. The number of anilines is 2. The number of carbonyl (C=O) groups is 1. The van der Waals surface area contributed by atoms with Crippen molar-refractivity contribution in [3.05, 3.63) is 47.4 Å². The Morgan fingerprint density at radius 1 is 1.23 bits per heavy atom. The van der Waals surface area contributed by atoms with E-state index >= 15 is 0 Å². The molecular formula is C29H40N6O4S. The highest BCUT2D eigenvalue weighted by Gasteiger charge is 2.41. The monoisotopic (exact) mass is 568 g/mol. The van der Waals surface area contributed by atoms with E-state index in [0.29, 0.717) is 47.0 Å². The SMILES string of the molecule is CCC(C)(N)c1cnc(O[C@H](C)C[C@@H](C)S(C)(=N)=O)c2cnc(Nc3ccc4c(n3)C(C)(C)[C@H](C)OC4=O)cc12. The third kappa shape index (κ3) is 5.76.